The molecule has 0 unspecified atom stereocenters. The van der Waals surface area contributed by atoms with Gasteiger partial charge in [0.05, 0.1) is 18.0 Å². The van der Waals surface area contributed by atoms with Gasteiger partial charge in [-0.15, -0.1) is 0 Å². The highest BCUT2D eigenvalue weighted by Gasteiger charge is 2.15. The molecule has 0 radical (unpaired) electrons. The average Bonchev–Trinajstić information content (AvgIpc) is 2.90. The average molecular weight is 247 g/mol. The van der Waals surface area contributed by atoms with Crippen molar-refractivity contribution in [1.82, 2.24) is 20.0 Å². The molecule has 2 aromatic rings. The molecule has 2 aromatic heterocycles. The summed E-state index contributed by atoms with van der Waals surface area (Å²) in [7, 11) is 0. The van der Waals surface area contributed by atoms with Gasteiger partial charge in [0.15, 0.2) is 0 Å². The van der Waals surface area contributed by atoms with Crippen LogP contribution < -0.4 is 5.32 Å². The maximum atomic E-state index is 12.0. The van der Waals surface area contributed by atoms with Gasteiger partial charge >= 0.3 is 0 Å². The van der Waals surface area contributed by atoms with Crippen LogP contribution in [-0.4, -0.2) is 25.9 Å². The van der Waals surface area contributed by atoms with Gasteiger partial charge in [-0.3, -0.25) is 14.6 Å². The van der Waals surface area contributed by atoms with Gasteiger partial charge in [-0.2, -0.15) is 10.2 Å². The van der Waals surface area contributed by atoms with Gasteiger partial charge in [-0.1, -0.05) is 13.8 Å². The molecule has 0 aromatic carbocycles. The number of aromatic amines is 1. The summed E-state index contributed by atoms with van der Waals surface area (Å²) in [5.74, 6) is 0.898. The molecule has 0 saturated heterocycles. The maximum absolute atomic E-state index is 12.0. The van der Waals surface area contributed by atoms with E-state index >= 15 is 0 Å². The Hall–Kier alpha value is -2.11. The minimum atomic E-state index is -0.174. The van der Waals surface area contributed by atoms with Gasteiger partial charge in [-0.05, 0) is 12.8 Å². The van der Waals surface area contributed by atoms with Gasteiger partial charge in [0.2, 0.25) is 0 Å². The second-order valence-corrected chi connectivity index (χ2v) is 4.64. The lowest BCUT2D eigenvalue weighted by Gasteiger charge is -2.07. The summed E-state index contributed by atoms with van der Waals surface area (Å²) in [6.45, 7) is 6.94. The molecule has 0 spiro atoms. The number of nitrogens with zero attached hydrogens (tertiary/aromatic N) is 3. The molecule has 1 amide bonds. The van der Waals surface area contributed by atoms with Crippen molar-refractivity contribution in [3.63, 3.8) is 0 Å². The molecule has 2 heterocycles. The summed E-state index contributed by atoms with van der Waals surface area (Å²) in [6.07, 6.45) is 3.19. The van der Waals surface area contributed by atoms with Crippen LogP contribution >= 0.6 is 0 Å². The number of carbonyl (C=O) groups is 1. The molecule has 0 aliphatic rings. The van der Waals surface area contributed by atoms with Crippen LogP contribution in [0, 0.1) is 12.8 Å². The molecule has 0 fully saturated rings. The zero-order valence-corrected chi connectivity index (χ0v) is 10.8. The van der Waals surface area contributed by atoms with E-state index in [0.717, 1.165) is 12.2 Å². The van der Waals surface area contributed by atoms with Crippen LogP contribution in [0.1, 0.15) is 29.9 Å². The minimum Gasteiger partial charge on any atom is -0.307 e. The Labute approximate surface area is 105 Å². The molecule has 6 heteroatoms. The third-order valence-corrected chi connectivity index (χ3v) is 2.63. The number of hydrogen-bond donors (Lipinski definition) is 2. The number of amides is 1. The van der Waals surface area contributed by atoms with Gasteiger partial charge in [0, 0.05) is 18.3 Å². The number of hydrogen-bond acceptors (Lipinski definition) is 3. The fourth-order valence-electron chi connectivity index (χ4n) is 1.71. The lowest BCUT2D eigenvalue weighted by Crippen LogP contribution is -2.14. The highest BCUT2D eigenvalue weighted by molar-refractivity contribution is 6.04. The van der Waals surface area contributed by atoms with Crippen molar-refractivity contribution in [2.24, 2.45) is 5.92 Å². The van der Waals surface area contributed by atoms with E-state index in [-0.39, 0.29) is 5.91 Å². The molecule has 2 rings (SSSR count). The Morgan fingerprint density at radius 1 is 1.56 bits per heavy atom. The van der Waals surface area contributed by atoms with E-state index in [9.17, 15) is 4.79 Å². The van der Waals surface area contributed by atoms with Crippen LogP contribution in [0.25, 0.3) is 0 Å². The zero-order chi connectivity index (χ0) is 13.1. The molecule has 0 bridgehead atoms. The first-order chi connectivity index (χ1) is 8.58. The lowest BCUT2D eigenvalue weighted by atomic mass is 10.2. The monoisotopic (exact) mass is 247 g/mol. The van der Waals surface area contributed by atoms with Crippen molar-refractivity contribution < 1.29 is 4.79 Å². The van der Waals surface area contributed by atoms with Crippen molar-refractivity contribution in [2.75, 3.05) is 5.32 Å². The van der Waals surface area contributed by atoms with Gasteiger partial charge in [0.25, 0.3) is 5.91 Å². The summed E-state index contributed by atoms with van der Waals surface area (Å²) in [5.41, 5.74) is 1.46. The SMILES string of the molecule is Cc1c(C(=O)Nc2ccn[nH]2)cnn1CC(C)C. The highest BCUT2D eigenvalue weighted by Crippen LogP contribution is 2.11. The number of carbonyl (C=O) groups excluding carboxylic acids is 1. The molecule has 96 valence electrons. The topological polar surface area (TPSA) is 75.6 Å². The van der Waals surface area contributed by atoms with Crippen LogP contribution in [0.15, 0.2) is 18.5 Å². The van der Waals surface area contributed by atoms with Crippen LogP contribution in [0.2, 0.25) is 0 Å². The molecule has 0 saturated carbocycles. The molecular weight excluding hydrogens is 230 g/mol. The van der Waals surface area contributed by atoms with E-state index in [1.165, 1.54) is 0 Å². The first-order valence-corrected chi connectivity index (χ1v) is 5.91. The second-order valence-electron chi connectivity index (χ2n) is 4.64. The Balaban J connectivity index is 2.13. The fraction of sp³-hybridized carbons (Fsp3) is 0.417. The summed E-state index contributed by atoms with van der Waals surface area (Å²) >= 11 is 0. The predicted octanol–water partition coefficient (Wildman–Crippen LogP) is 1.82. The number of rotatable bonds is 4. The first-order valence-electron chi connectivity index (χ1n) is 5.91. The molecule has 2 N–H and O–H groups in total. The first kappa shape index (κ1) is 12.3. The smallest absolute Gasteiger partial charge is 0.260 e. The second kappa shape index (κ2) is 5.03. The van der Waals surface area contributed by atoms with E-state index in [0.29, 0.717) is 17.3 Å². The summed E-state index contributed by atoms with van der Waals surface area (Å²) in [4.78, 5) is 12.0. The minimum absolute atomic E-state index is 0.174. The molecule has 0 atom stereocenters. The predicted molar refractivity (Wildman–Crippen MR) is 68.3 cm³/mol. The molecular formula is C12H17N5O. The third kappa shape index (κ3) is 2.58. The standard InChI is InChI=1S/C12H17N5O/c1-8(2)7-17-9(3)10(6-14-17)12(18)15-11-4-5-13-16-11/h4-6,8H,7H2,1-3H3,(H2,13,15,16,18). The summed E-state index contributed by atoms with van der Waals surface area (Å²) in [5, 5.41) is 13.4. The van der Waals surface area contributed by atoms with Crippen LogP contribution in [0.4, 0.5) is 5.82 Å². The zero-order valence-electron chi connectivity index (χ0n) is 10.8. The van der Waals surface area contributed by atoms with Gasteiger partial charge in [0.1, 0.15) is 5.82 Å². The largest absolute Gasteiger partial charge is 0.307 e. The van der Waals surface area contributed by atoms with E-state index in [1.807, 2.05) is 11.6 Å². The van der Waals surface area contributed by atoms with Crippen molar-refractivity contribution in [3.8, 4) is 0 Å². The normalized spacial score (nSPS) is 10.9. The molecule has 18 heavy (non-hydrogen) atoms. The molecule has 0 aliphatic carbocycles. The van der Waals surface area contributed by atoms with E-state index < -0.39 is 0 Å². The highest BCUT2D eigenvalue weighted by atomic mass is 16.1. The fourth-order valence-corrected chi connectivity index (χ4v) is 1.71. The van der Waals surface area contributed by atoms with Gasteiger partial charge in [-0.25, -0.2) is 0 Å². The van der Waals surface area contributed by atoms with Crippen LogP contribution in [0.3, 0.4) is 0 Å². The third-order valence-electron chi connectivity index (χ3n) is 2.63. The van der Waals surface area contributed by atoms with E-state index in [2.05, 4.69) is 34.5 Å². The Bertz CT molecular complexity index is 527. The van der Waals surface area contributed by atoms with E-state index in [1.54, 1.807) is 18.5 Å². The number of aromatic nitrogens is 4. The molecule has 6 nitrogen and oxygen atoms in total. The Kier molecular flexibility index (Phi) is 3.45. The van der Waals surface area contributed by atoms with Gasteiger partial charge < -0.3 is 5.32 Å². The number of nitrogens with one attached hydrogen (secondary N) is 2. The van der Waals surface area contributed by atoms with Crippen LogP contribution in [-0.2, 0) is 6.54 Å². The van der Waals surface area contributed by atoms with Crippen molar-refractivity contribution in [3.05, 3.63) is 29.7 Å². The summed E-state index contributed by atoms with van der Waals surface area (Å²) in [6, 6.07) is 1.70. The molecule has 0 aliphatic heterocycles. The van der Waals surface area contributed by atoms with E-state index in [4.69, 9.17) is 0 Å². The Morgan fingerprint density at radius 2 is 2.33 bits per heavy atom. The van der Waals surface area contributed by atoms with Crippen LogP contribution in [0.5, 0.6) is 0 Å². The number of H-pyrrole nitrogens is 1. The van der Waals surface area contributed by atoms with Crippen molar-refractivity contribution >= 4 is 11.7 Å². The maximum Gasteiger partial charge on any atom is 0.260 e. The lowest BCUT2D eigenvalue weighted by molar-refractivity contribution is 0.102. The quantitative estimate of drug-likeness (QED) is 0.865. The summed E-state index contributed by atoms with van der Waals surface area (Å²) < 4.78 is 1.85. The van der Waals surface area contributed by atoms with Crippen molar-refractivity contribution in [2.45, 2.75) is 27.3 Å². The van der Waals surface area contributed by atoms with Crippen molar-refractivity contribution in [1.29, 1.82) is 0 Å². The number of anilines is 1. The Morgan fingerprint density at radius 3 is 2.94 bits per heavy atom.